The fourth-order valence-electron chi connectivity index (χ4n) is 2.83. The predicted octanol–water partition coefficient (Wildman–Crippen LogP) is 5.14. The molecule has 0 unspecified atom stereocenters. The van der Waals surface area contributed by atoms with E-state index in [1.54, 1.807) is 30.8 Å². The van der Waals surface area contributed by atoms with Gasteiger partial charge in [0.15, 0.2) is 0 Å². The third kappa shape index (κ3) is 6.29. The zero-order chi connectivity index (χ0) is 20.5. The summed E-state index contributed by atoms with van der Waals surface area (Å²) in [6, 6.07) is 25.3. The van der Waals surface area contributed by atoms with E-state index >= 15 is 0 Å². The average Bonchev–Trinajstić information content (AvgIpc) is 2.78. The number of thioether (sulfide) groups is 1. The monoisotopic (exact) mass is 407 g/mol. The standard InChI is InChI=1S/C24H25NO3S/c1-25(18-19-8-12-21(27-2)13-9-19)24(26)20-10-14-22(15-11-20)28-16-17-29-23-6-4-3-5-7-23/h3-15H,16-18H2,1-2H3. The van der Waals surface area contributed by atoms with Gasteiger partial charge in [-0.3, -0.25) is 4.79 Å². The number of carbonyl (C=O) groups excluding carboxylic acids is 1. The first-order valence-corrected chi connectivity index (χ1v) is 10.4. The van der Waals surface area contributed by atoms with Gasteiger partial charge in [-0.25, -0.2) is 0 Å². The molecule has 0 spiro atoms. The van der Waals surface area contributed by atoms with Crippen molar-refractivity contribution in [1.29, 1.82) is 0 Å². The first kappa shape index (κ1) is 20.8. The summed E-state index contributed by atoms with van der Waals surface area (Å²) in [5.41, 5.74) is 1.70. The van der Waals surface area contributed by atoms with Gasteiger partial charge in [-0.2, -0.15) is 0 Å². The van der Waals surface area contributed by atoms with Gasteiger partial charge in [-0.05, 0) is 54.1 Å². The smallest absolute Gasteiger partial charge is 0.253 e. The van der Waals surface area contributed by atoms with Gasteiger partial charge < -0.3 is 14.4 Å². The summed E-state index contributed by atoms with van der Waals surface area (Å²) in [4.78, 5) is 15.6. The van der Waals surface area contributed by atoms with E-state index in [4.69, 9.17) is 9.47 Å². The van der Waals surface area contributed by atoms with Gasteiger partial charge >= 0.3 is 0 Å². The molecule has 0 saturated heterocycles. The minimum Gasteiger partial charge on any atom is -0.497 e. The summed E-state index contributed by atoms with van der Waals surface area (Å²) in [6.07, 6.45) is 0. The number of nitrogens with zero attached hydrogens (tertiary/aromatic N) is 1. The van der Waals surface area contributed by atoms with Crippen molar-refractivity contribution in [3.05, 3.63) is 90.0 Å². The van der Waals surface area contributed by atoms with Crippen LogP contribution in [0.15, 0.2) is 83.8 Å². The molecule has 0 radical (unpaired) electrons. The van der Waals surface area contributed by atoms with Crippen LogP contribution in [0.5, 0.6) is 11.5 Å². The Kier molecular flexibility index (Phi) is 7.59. The van der Waals surface area contributed by atoms with E-state index in [-0.39, 0.29) is 5.91 Å². The highest BCUT2D eigenvalue weighted by atomic mass is 32.2. The summed E-state index contributed by atoms with van der Waals surface area (Å²) in [5, 5.41) is 0. The molecular weight excluding hydrogens is 382 g/mol. The molecule has 0 fully saturated rings. The van der Waals surface area contributed by atoms with Gasteiger partial charge in [0, 0.05) is 29.8 Å². The van der Waals surface area contributed by atoms with Crippen LogP contribution in [0.2, 0.25) is 0 Å². The maximum Gasteiger partial charge on any atom is 0.253 e. The fourth-order valence-corrected chi connectivity index (χ4v) is 3.58. The van der Waals surface area contributed by atoms with Crippen LogP contribution in [0.1, 0.15) is 15.9 Å². The van der Waals surface area contributed by atoms with Gasteiger partial charge in [0.25, 0.3) is 5.91 Å². The van der Waals surface area contributed by atoms with E-state index in [1.807, 2.05) is 66.7 Å². The summed E-state index contributed by atoms with van der Waals surface area (Å²) >= 11 is 1.76. The molecular formula is C24H25NO3S. The van der Waals surface area contributed by atoms with Crippen LogP contribution in [0, 0.1) is 0 Å². The highest BCUT2D eigenvalue weighted by Gasteiger charge is 2.12. The molecule has 0 aliphatic heterocycles. The van der Waals surface area contributed by atoms with Gasteiger partial charge in [0.2, 0.25) is 0 Å². The second-order valence-electron chi connectivity index (χ2n) is 6.54. The van der Waals surface area contributed by atoms with E-state index in [9.17, 15) is 4.79 Å². The number of carbonyl (C=O) groups is 1. The van der Waals surface area contributed by atoms with Gasteiger partial charge in [-0.1, -0.05) is 30.3 Å². The highest BCUT2D eigenvalue weighted by molar-refractivity contribution is 7.99. The highest BCUT2D eigenvalue weighted by Crippen LogP contribution is 2.19. The fraction of sp³-hybridized carbons (Fsp3) is 0.208. The van der Waals surface area contributed by atoms with Crippen molar-refractivity contribution in [3.63, 3.8) is 0 Å². The zero-order valence-electron chi connectivity index (χ0n) is 16.7. The largest absolute Gasteiger partial charge is 0.497 e. The number of ether oxygens (including phenoxy) is 2. The number of benzene rings is 3. The molecule has 3 rings (SSSR count). The summed E-state index contributed by atoms with van der Waals surface area (Å²) in [7, 11) is 3.44. The number of hydrogen-bond acceptors (Lipinski definition) is 4. The van der Waals surface area contributed by atoms with Crippen molar-refractivity contribution in [3.8, 4) is 11.5 Å². The van der Waals surface area contributed by atoms with E-state index in [0.29, 0.717) is 18.7 Å². The van der Waals surface area contributed by atoms with Crippen LogP contribution in [0.4, 0.5) is 0 Å². The normalized spacial score (nSPS) is 10.4. The molecule has 4 nitrogen and oxygen atoms in total. The third-order valence-corrected chi connectivity index (χ3v) is 5.37. The van der Waals surface area contributed by atoms with Crippen LogP contribution < -0.4 is 9.47 Å². The Balaban J connectivity index is 1.47. The molecule has 3 aromatic carbocycles. The lowest BCUT2D eigenvalue weighted by molar-refractivity contribution is 0.0785. The topological polar surface area (TPSA) is 38.8 Å². The second-order valence-corrected chi connectivity index (χ2v) is 7.71. The lowest BCUT2D eigenvalue weighted by Crippen LogP contribution is -2.26. The van der Waals surface area contributed by atoms with Crippen molar-refractivity contribution in [2.24, 2.45) is 0 Å². The minimum absolute atomic E-state index is 0.0213. The third-order valence-electron chi connectivity index (χ3n) is 4.39. The Morgan fingerprint density at radius 1 is 0.897 bits per heavy atom. The van der Waals surface area contributed by atoms with Crippen LogP contribution in [-0.2, 0) is 6.54 Å². The van der Waals surface area contributed by atoms with Gasteiger partial charge in [-0.15, -0.1) is 11.8 Å². The van der Waals surface area contributed by atoms with E-state index < -0.39 is 0 Å². The number of methoxy groups -OCH3 is 1. The first-order chi connectivity index (χ1) is 14.2. The van der Waals surface area contributed by atoms with E-state index in [2.05, 4.69) is 12.1 Å². The first-order valence-electron chi connectivity index (χ1n) is 9.45. The van der Waals surface area contributed by atoms with Crippen molar-refractivity contribution in [2.45, 2.75) is 11.4 Å². The maximum absolute atomic E-state index is 12.7. The van der Waals surface area contributed by atoms with Crippen molar-refractivity contribution >= 4 is 17.7 Å². The molecule has 0 aliphatic carbocycles. The predicted molar refractivity (Wildman–Crippen MR) is 118 cm³/mol. The summed E-state index contributed by atoms with van der Waals surface area (Å²) < 4.78 is 10.9. The van der Waals surface area contributed by atoms with E-state index in [0.717, 1.165) is 22.8 Å². The lowest BCUT2D eigenvalue weighted by Gasteiger charge is -2.18. The Hall–Kier alpha value is -2.92. The van der Waals surface area contributed by atoms with Crippen LogP contribution >= 0.6 is 11.8 Å². The summed E-state index contributed by atoms with van der Waals surface area (Å²) in [6.45, 7) is 1.15. The molecule has 0 N–H and O–H groups in total. The van der Waals surface area contributed by atoms with Crippen LogP contribution in [0.3, 0.4) is 0 Å². The molecule has 0 bridgehead atoms. The Labute approximate surface area is 176 Å². The molecule has 0 atom stereocenters. The van der Waals surface area contributed by atoms with E-state index in [1.165, 1.54) is 4.90 Å². The number of amides is 1. The lowest BCUT2D eigenvalue weighted by atomic mass is 10.1. The quantitative estimate of drug-likeness (QED) is 0.364. The molecule has 0 aromatic heterocycles. The molecule has 29 heavy (non-hydrogen) atoms. The Morgan fingerprint density at radius 3 is 2.21 bits per heavy atom. The molecule has 0 aliphatic rings. The number of rotatable bonds is 9. The Morgan fingerprint density at radius 2 is 1.55 bits per heavy atom. The van der Waals surface area contributed by atoms with Gasteiger partial charge in [0.1, 0.15) is 11.5 Å². The van der Waals surface area contributed by atoms with Crippen LogP contribution in [-0.4, -0.2) is 37.3 Å². The minimum atomic E-state index is -0.0213. The van der Waals surface area contributed by atoms with Gasteiger partial charge in [0.05, 0.1) is 13.7 Å². The zero-order valence-corrected chi connectivity index (χ0v) is 17.5. The van der Waals surface area contributed by atoms with Crippen molar-refractivity contribution in [1.82, 2.24) is 4.90 Å². The second kappa shape index (κ2) is 10.6. The number of hydrogen-bond donors (Lipinski definition) is 0. The molecule has 5 heteroatoms. The molecule has 1 amide bonds. The maximum atomic E-state index is 12.7. The molecule has 0 heterocycles. The molecule has 0 saturated carbocycles. The van der Waals surface area contributed by atoms with Crippen molar-refractivity contribution in [2.75, 3.05) is 26.5 Å². The molecule has 150 valence electrons. The van der Waals surface area contributed by atoms with Crippen molar-refractivity contribution < 1.29 is 14.3 Å². The average molecular weight is 408 g/mol. The molecule has 3 aromatic rings. The van der Waals surface area contributed by atoms with Crippen LogP contribution in [0.25, 0.3) is 0 Å². The summed E-state index contributed by atoms with van der Waals surface area (Å²) in [5.74, 6) is 2.43. The SMILES string of the molecule is COc1ccc(CN(C)C(=O)c2ccc(OCCSc3ccccc3)cc2)cc1. The Bertz CT molecular complexity index is 896.